The van der Waals surface area contributed by atoms with Crippen LogP contribution in [0.15, 0.2) is 18.2 Å². The molecule has 2 rings (SSSR count). The Kier molecular flexibility index (Phi) is 4.02. The highest BCUT2D eigenvalue weighted by Gasteiger charge is 2.23. The predicted molar refractivity (Wildman–Crippen MR) is 73.5 cm³/mol. The first kappa shape index (κ1) is 13.1. The topological polar surface area (TPSA) is 46.3 Å². The number of rotatable bonds is 2. The molecule has 0 aliphatic carbocycles. The summed E-state index contributed by atoms with van der Waals surface area (Å²) in [7, 11) is 0. The highest BCUT2D eigenvalue weighted by Crippen LogP contribution is 2.29. The molecule has 98 valence electrons. The van der Waals surface area contributed by atoms with Crippen LogP contribution in [-0.2, 0) is 4.79 Å². The second-order valence-corrected chi connectivity index (χ2v) is 5.28. The Morgan fingerprint density at radius 2 is 1.78 bits per heavy atom. The standard InChI is InChI=1S/C15H22N2O/c1-11-7-12(2)9-14(8-11)13-3-5-17(6-4-13)15(18)10-16/h7-9,13H,3-6,10,16H2,1-2H3. The van der Waals surface area contributed by atoms with Gasteiger partial charge in [-0.25, -0.2) is 0 Å². The third kappa shape index (κ3) is 2.91. The molecule has 3 heteroatoms. The van der Waals surface area contributed by atoms with Gasteiger partial charge in [0.25, 0.3) is 0 Å². The van der Waals surface area contributed by atoms with Crippen molar-refractivity contribution in [3.8, 4) is 0 Å². The summed E-state index contributed by atoms with van der Waals surface area (Å²) in [4.78, 5) is 13.4. The van der Waals surface area contributed by atoms with Crippen molar-refractivity contribution in [3.63, 3.8) is 0 Å². The summed E-state index contributed by atoms with van der Waals surface area (Å²) in [5.41, 5.74) is 9.47. The number of hydrogen-bond acceptors (Lipinski definition) is 2. The SMILES string of the molecule is Cc1cc(C)cc(C2CCN(C(=O)CN)CC2)c1. The van der Waals surface area contributed by atoms with Crippen LogP contribution in [0, 0.1) is 13.8 Å². The Labute approximate surface area is 109 Å². The first-order valence-corrected chi connectivity index (χ1v) is 6.66. The highest BCUT2D eigenvalue weighted by molar-refractivity contribution is 5.78. The van der Waals surface area contributed by atoms with E-state index >= 15 is 0 Å². The number of amides is 1. The van der Waals surface area contributed by atoms with Gasteiger partial charge in [0.15, 0.2) is 0 Å². The van der Waals surface area contributed by atoms with Crippen LogP contribution in [0.1, 0.15) is 35.4 Å². The molecule has 1 aliphatic heterocycles. The molecular formula is C15H22N2O. The zero-order chi connectivity index (χ0) is 13.1. The molecule has 1 aromatic carbocycles. The molecule has 2 N–H and O–H groups in total. The Morgan fingerprint density at radius 3 is 2.28 bits per heavy atom. The average Bonchev–Trinajstić information content (AvgIpc) is 2.37. The van der Waals surface area contributed by atoms with E-state index in [-0.39, 0.29) is 12.5 Å². The van der Waals surface area contributed by atoms with Crippen molar-refractivity contribution < 1.29 is 4.79 Å². The van der Waals surface area contributed by atoms with Gasteiger partial charge in [-0.15, -0.1) is 0 Å². The van der Waals surface area contributed by atoms with Gasteiger partial charge in [-0.05, 0) is 38.2 Å². The van der Waals surface area contributed by atoms with Crippen LogP contribution >= 0.6 is 0 Å². The summed E-state index contributed by atoms with van der Waals surface area (Å²) in [5.74, 6) is 0.666. The van der Waals surface area contributed by atoms with Gasteiger partial charge < -0.3 is 10.6 Å². The van der Waals surface area contributed by atoms with E-state index in [0.29, 0.717) is 5.92 Å². The summed E-state index contributed by atoms with van der Waals surface area (Å²) in [6.07, 6.45) is 2.10. The fraction of sp³-hybridized carbons (Fsp3) is 0.533. The zero-order valence-corrected chi connectivity index (χ0v) is 11.3. The predicted octanol–water partition coefficient (Wildman–Crippen LogP) is 1.97. The van der Waals surface area contributed by atoms with Crippen LogP contribution in [0.4, 0.5) is 0 Å². The van der Waals surface area contributed by atoms with E-state index in [4.69, 9.17) is 5.73 Å². The minimum absolute atomic E-state index is 0.0777. The van der Waals surface area contributed by atoms with E-state index in [0.717, 1.165) is 25.9 Å². The molecule has 0 bridgehead atoms. The Balaban J connectivity index is 2.03. The maximum atomic E-state index is 11.5. The number of carbonyl (C=O) groups is 1. The maximum absolute atomic E-state index is 11.5. The van der Waals surface area contributed by atoms with Gasteiger partial charge in [-0.3, -0.25) is 4.79 Å². The fourth-order valence-electron chi connectivity index (χ4n) is 2.84. The molecule has 1 fully saturated rings. The van der Waals surface area contributed by atoms with Crippen molar-refractivity contribution in [1.29, 1.82) is 0 Å². The summed E-state index contributed by atoms with van der Waals surface area (Å²) >= 11 is 0. The molecule has 1 aliphatic rings. The lowest BCUT2D eigenvalue weighted by atomic mass is 9.88. The van der Waals surface area contributed by atoms with Crippen molar-refractivity contribution in [2.24, 2.45) is 5.73 Å². The lowest BCUT2D eigenvalue weighted by Gasteiger charge is -2.32. The second kappa shape index (κ2) is 5.53. The number of nitrogens with two attached hydrogens (primary N) is 1. The number of hydrogen-bond donors (Lipinski definition) is 1. The van der Waals surface area contributed by atoms with Gasteiger partial charge in [0.1, 0.15) is 0 Å². The summed E-state index contributed by atoms with van der Waals surface area (Å²) in [6, 6.07) is 6.76. The minimum Gasteiger partial charge on any atom is -0.342 e. The molecule has 0 atom stereocenters. The van der Waals surface area contributed by atoms with Crippen LogP contribution in [-0.4, -0.2) is 30.4 Å². The monoisotopic (exact) mass is 246 g/mol. The third-order valence-corrected chi connectivity index (χ3v) is 3.74. The van der Waals surface area contributed by atoms with Gasteiger partial charge in [0.2, 0.25) is 5.91 Å². The molecule has 1 amide bonds. The average molecular weight is 246 g/mol. The molecule has 1 heterocycles. The Hall–Kier alpha value is -1.35. The maximum Gasteiger partial charge on any atom is 0.236 e. The van der Waals surface area contributed by atoms with Crippen molar-refractivity contribution in [2.75, 3.05) is 19.6 Å². The summed E-state index contributed by atoms with van der Waals surface area (Å²) in [5, 5.41) is 0. The molecule has 0 unspecified atom stereocenters. The van der Waals surface area contributed by atoms with E-state index in [1.807, 2.05) is 4.90 Å². The molecule has 1 aromatic rings. The number of carbonyl (C=O) groups excluding carboxylic acids is 1. The number of nitrogens with zero attached hydrogens (tertiary/aromatic N) is 1. The number of likely N-dealkylation sites (tertiary alicyclic amines) is 1. The molecule has 0 radical (unpaired) electrons. The minimum atomic E-state index is 0.0777. The molecule has 0 saturated carbocycles. The second-order valence-electron chi connectivity index (χ2n) is 5.28. The van der Waals surface area contributed by atoms with Crippen molar-refractivity contribution in [2.45, 2.75) is 32.6 Å². The summed E-state index contributed by atoms with van der Waals surface area (Å²) < 4.78 is 0. The lowest BCUT2D eigenvalue weighted by molar-refractivity contribution is -0.130. The lowest BCUT2D eigenvalue weighted by Crippen LogP contribution is -2.41. The normalized spacial score (nSPS) is 16.9. The van der Waals surface area contributed by atoms with Crippen LogP contribution in [0.2, 0.25) is 0 Å². The highest BCUT2D eigenvalue weighted by atomic mass is 16.2. The molecule has 1 saturated heterocycles. The van der Waals surface area contributed by atoms with Crippen LogP contribution < -0.4 is 5.73 Å². The van der Waals surface area contributed by atoms with E-state index < -0.39 is 0 Å². The van der Waals surface area contributed by atoms with Crippen LogP contribution in [0.3, 0.4) is 0 Å². The Bertz CT molecular complexity index is 414. The number of piperidine rings is 1. The quantitative estimate of drug-likeness (QED) is 0.867. The first-order valence-electron chi connectivity index (χ1n) is 6.66. The van der Waals surface area contributed by atoms with Crippen LogP contribution in [0.25, 0.3) is 0 Å². The molecular weight excluding hydrogens is 224 g/mol. The van der Waals surface area contributed by atoms with Gasteiger partial charge in [-0.1, -0.05) is 29.3 Å². The molecule has 3 nitrogen and oxygen atoms in total. The number of aryl methyl sites for hydroxylation is 2. The van der Waals surface area contributed by atoms with E-state index in [2.05, 4.69) is 32.0 Å². The molecule has 0 aromatic heterocycles. The first-order chi connectivity index (χ1) is 8.60. The van der Waals surface area contributed by atoms with Gasteiger partial charge >= 0.3 is 0 Å². The Morgan fingerprint density at radius 1 is 1.22 bits per heavy atom. The molecule has 18 heavy (non-hydrogen) atoms. The van der Waals surface area contributed by atoms with Crippen molar-refractivity contribution in [3.05, 3.63) is 34.9 Å². The fourth-order valence-corrected chi connectivity index (χ4v) is 2.84. The summed E-state index contributed by atoms with van der Waals surface area (Å²) in [6.45, 7) is 6.10. The van der Waals surface area contributed by atoms with Gasteiger partial charge in [0, 0.05) is 13.1 Å². The smallest absolute Gasteiger partial charge is 0.236 e. The van der Waals surface area contributed by atoms with Crippen LogP contribution in [0.5, 0.6) is 0 Å². The van der Waals surface area contributed by atoms with Crippen molar-refractivity contribution >= 4 is 5.91 Å². The van der Waals surface area contributed by atoms with Gasteiger partial charge in [0.05, 0.1) is 6.54 Å². The van der Waals surface area contributed by atoms with E-state index in [1.165, 1.54) is 16.7 Å². The van der Waals surface area contributed by atoms with E-state index in [1.54, 1.807) is 0 Å². The zero-order valence-electron chi connectivity index (χ0n) is 11.3. The van der Waals surface area contributed by atoms with Crippen molar-refractivity contribution in [1.82, 2.24) is 4.90 Å². The third-order valence-electron chi connectivity index (χ3n) is 3.74. The van der Waals surface area contributed by atoms with E-state index in [9.17, 15) is 4.79 Å². The number of benzene rings is 1. The largest absolute Gasteiger partial charge is 0.342 e. The van der Waals surface area contributed by atoms with Gasteiger partial charge in [-0.2, -0.15) is 0 Å². The molecule has 0 spiro atoms.